The quantitative estimate of drug-likeness (QED) is 0.120. The van der Waals surface area contributed by atoms with Gasteiger partial charge in [-0.15, -0.1) is 46.1 Å². The molecular formula is C21H35O4PSi2. The Bertz CT molecular complexity index is 518. The van der Waals surface area contributed by atoms with Crippen molar-refractivity contribution < 1.29 is 17.5 Å². The standard InChI is InChI=1S/C21H35O4PSi2/c1-8-15-23-26(22,24-27(16-9-2,17-10-3)18-11-4)25-28(19-12-5,20-13-6)21-14-7/h8-14H,1-7,15-21H2. The molecule has 0 aliphatic carbocycles. The van der Waals surface area contributed by atoms with Crippen LogP contribution in [0.4, 0.5) is 0 Å². The number of allylic oxidation sites excluding steroid dienone is 6. The molecule has 0 saturated heterocycles. The van der Waals surface area contributed by atoms with Crippen LogP contribution in [0, 0.1) is 0 Å². The van der Waals surface area contributed by atoms with E-state index in [1.165, 1.54) is 6.08 Å². The summed E-state index contributed by atoms with van der Waals surface area (Å²) in [6.45, 7) is 26.7. The fourth-order valence-corrected chi connectivity index (χ4v) is 13.9. The highest BCUT2D eigenvalue weighted by atomic mass is 31.2. The molecule has 0 heterocycles. The van der Waals surface area contributed by atoms with Crippen molar-refractivity contribution in [1.29, 1.82) is 0 Å². The van der Waals surface area contributed by atoms with E-state index in [4.69, 9.17) is 12.9 Å². The largest absolute Gasteiger partial charge is 0.455 e. The number of hydrogen-bond acceptors (Lipinski definition) is 4. The molecule has 0 fully saturated rings. The zero-order valence-corrected chi connectivity index (χ0v) is 19.9. The predicted molar refractivity (Wildman–Crippen MR) is 127 cm³/mol. The lowest BCUT2D eigenvalue weighted by atomic mass is 10.7. The van der Waals surface area contributed by atoms with E-state index in [1.807, 2.05) is 0 Å². The first kappa shape index (κ1) is 26.7. The van der Waals surface area contributed by atoms with Crippen LogP contribution in [0.1, 0.15) is 0 Å². The van der Waals surface area contributed by atoms with E-state index in [1.54, 1.807) is 36.5 Å². The maximum atomic E-state index is 13.8. The highest BCUT2D eigenvalue weighted by Crippen LogP contribution is 2.57. The molecule has 0 atom stereocenters. The van der Waals surface area contributed by atoms with E-state index in [9.17, 15) is 4.57 Å². The van der Waals surface area contributed by atoms with E-state index < -0.39 is 24.5 Å². The number of hydrogen-bond donors (Lipinski definition) is 0. The van der Waals surface area contributed by atoms with E-state index in [-0.39, 0.29) is 6.61 Å². The van der Waals surface area contributed by atoms with Crippen LogP contribution in [0.15, 0.2) is 88.6 Å². The van der Waals surface area contributed by atoms with Crippen molar-refractivity contribution >= 4 is 24.5 Å². The van der Waals surface area contributed by atoms with Crippen molar-refractivity contribution in [3.05, 3.63) is 88.6 Å². The normalized spacial score (nSPS) is 12.0. The van der Waals surface area contributed by atoms with Crippen LogP contribution in [0.2, 0.25) is 36.3 Å². The first-order valence-electron chi connectivity index (χ1n) is 9.26. The minimum atomic E-state index is -3.89. The summed E-state index contributed by atoms with van der Waals surface area (Å²) in [7, 11) is -9.10. The molecule has 0 aromatic heterocycles. The molecule has 0 unspecified atom stereocenters. The second-order valence-corrected chi connectivity index (χ2v) is 16.3. The van der Waals surface area contributed by atoms with Gasteiger partial charge in [-0.25, -0.2) is 4.57 Å². The number of phosphoric acid groups is 1. The molecule has 0 radical (unpaired) electrons. The smallest absolute Gasteiger partial charge is 0.329 e. The summed E-state index contributed by atoms with van der Waals surface area (Å²) in [6.07, 6.45) is 12.2. The summed E-state index contributed by atoms with van der Waals surface area (Å²) in [4.78, 5) is 0. The van der Waals surface area contributed by atoms with E-state index >= 15 is 0 Å². The van der Waals surface area contributed by atoms with Gasteiger partial charge in [-0.2, -0.15) is 0 Å². The van der Waals surface area contributed by atoms with Crippen LogP contribution in [-0.2, 0) is 17.5 Å². The Morgan fingerprint density at radius 3 is 1.07 bits per heavy atom. The Labute approximate surface area is 173 Å². The summed E-state index contributed by atoms with van der Waals surface area (Å²) in [5.74, 6) is 0. The van der Waals surface area contributed by atoms with Crippen LogP contribution in [0.5, 0.6) is 0 Å². The molecule has 0 bridgehead atoms. The Balaban J connectivity index is 6.14. The van der Waals surface area contributed by atoms with Crippen LogP contribution < -0.4 is 0 Å². The van der Waals surface area contributed by atoms with E-state index in [0.717, 1.165) is 0 Å². The molecule has 0 N–H and O–H groups in total. The lowest BCUT2D eigenvalue weighted by molar-refractivity contribution is 0.222. The monoisotopic (exact) mass is 438 g/mol. The van der Waals surface area contributed by atoms with Crippen LogP contribution in [0.25, 0.3) is 0 Å². The van der Waals surface area contributed by atoms with Gasteiger partial charge in [-0.05, 0) is 36.3 Å². The lowest BCUT2D eigenvalue weighted by Gasteiger charge is -2.37. The van der Waals surface area contributed by atoms with Gasteiger partial charge in [0, 0.05) is 0 Å². The maximum absolute atomic E-state index is 13.8. The first-order valence-corrected chi connectivity index (χ1v) is 15.8. The van der Waals surface area contributed by atoms with Crippen molar-refractivity contribution in [2.45, 2.75) is 36.3 Å². The van der Waals surface area contributed by atoms with Gasteiger partial charge >= 0.3 is 7.82 Å². The van der Waals surface area contributed by atoms with Gasteiger partial charge in [0.1, 0.15) is 0 Å². The van der Waals surface area contributed by atoms with Gasteiger partial charge in [0.05, 0.1) is 6.61 Å². The zero-order valence-electron chi connectivity index (χ0n) is 17.0. The van der Waals surface area contributed by atoms with Crippen molar-refractivity contribution in [3.63, 3.8) is 0 Å². The Morgan fingerprint density at radius 1 is 0.571 bits per heavy atom. The topological polar surface area (TPSA) is 44.8 Å². The molecule has 0 rings (SSSR count). The highest BCUT2D eigenvalue weighted by molar-refractivity contribution is 7.52. The van der Waals surface area contributed by atoms with Gasteiger partial charge in [0.25, 0.3) is 0 Å². The fraction of sp³-hybridized carbons (Fsp3) is 0.333. The minimum absolute atomic E-state index is 0.0543. The fourth-order valence-electron chi connectivity index (χ4n) is 2.99. The Hall–Kier alpha value is -1.28. The van der Waals surface area contributed by atoms with E-state index in [0.29, 0.717) is 36.3 Å². The predicted octanol–water partition coefficient (Wildman–Crippen LogP) is 7.34. The summed E-state index contributed by atoms with van der Waals surface area (Å²) in [5, 5.41) is 0. The molecule has 4 nitrogen and oxygen atoms in total. The molecule has 0 aromatic carbocycles. The third-order valence-corrected chi connectivity index (χ3v) is 15.6. The van der Waals surface area contributed by atoms with Gasteiger partial charge in [-0.1, -0.05) is 42.5 Å². The van der Waals surface area contributed by atoms with Crippen LogP contribution >= 0.6 is 7.82 Å². The molecule has 7 heteroatoms. The third kappa shape index (κ3) is 8.82. The molecule has 0 saturated carbocycles. The van der Waals surface area contributed by atoms with Crippen molar-refractivity contribution in [1.82, 2.24) is 0 Å². The SMILES string of the molecule is C=CCOP(=O)(O[Si](CC=C)(CC=C)CC=C)O[Si](CC=C)(CC=C)CC=C. The Kier molecular flexibility index (Phi) is 13.2. The second-order valence-electron chi connectivity index (χ2n) is 6.54. The highest BCUT2D eigenvalue weighted by Gasteiger charge is 2.46. The minimum Gasteiger partial charge on any atom is -0.329 e. The molecular weight excluding hydrogens is 403 g/mol. The summed E-state index contributed by atoms with van der Waals surface area (Å²) in [5.41, 5.74) is 0. The molecule has 0 amide bonds. The van der Waals surface area contributed by atoms with Crippen molar-refractivity contribution in [2.24, 2.45) is 0 Å². The molecule has 28 heavy (non-hydrogen) atoms. The van der Waals surface area contributed by atoms with Crippen molar-refractivity contribution in [3.8, 4) is 0 Å². The molecule has 0 aromatic rings. The lowest BCUT2D eigenvalue weighted by Crippen LogP contribution is -2.40. The van der Waals surface area contributed by atoms with Gasteiger partial charge in [0.2, 0.25) is 16.6 Å². The second kappa shape index (κ2) is 13.8. The van der Waals surface area contributed by atoms with Gasteiger partial charge in [0.15, 0.2) is 0 Å². The zero-order chi connectivity index (χ0) is 21.5. The molecule has 0 aliphatic heterocycles. The van der Waals surface area contributed by atoms with Crippen LogP contribution in [-0.4, -0.2) is 23.2 Å². The average Bonchev–Trinajstić information content (AvgIpc) is 2.61. The molecule has 0 aliphatic rings. The average molecular weight is 439 g/mol. The third-order valence-electron chi connectivity index (χ3n) is 4.06. The number of rotatable bonds is 19. The molecule has 0 spiro atoms. The summed E-state index contributed by atoms with van der Waals surface area (Å²) in [6, 6.07) is 3.47. The summed E-state index contributed by atoms with van der Waals surface area (Å²) >= 11 is 0. The molecule has 156 valence electrons. The van der Waals surface area contributed by atoms with Crippen molar-refractivity contribution in [2.75, 3.05) is 6.61 Å². The van der Waals surface area contributed by atoms with Gasteiger partial charge in [-0.3, -0.25) is 4.52 Å². The first-order chi connectivity index (χ1) is 13.3. The maximum Gasteiger partial charge on any atom is 0.455 e. The Morgan fingerprint density at radius 2 is 0.857 bits per heavy atom. The summed E-state index contributed by atoms with van der Waals surface area (Å²) < 4.78 is 32.0. The van der Waals surface area contributed by atoms with Crippen LogP contribution in [0.3, 0.4) is 0 Å². The van der Waals surface area contributed by atoms with Gasteiger partial charge < -0.3 is 8.43 Å². The van der Waals surface area contributed by atoms with E-state index in [2.05, 4.69) is 46.1 Å².